The molecule has 2 N–H and O–H groups in total. The maximum atomic E-state index is 14.0. The lowest BCUT2D eigenvalue weighted by Gasteiger charge is -2.31. The Morgan fingerprint density at radius 2 is 1.67 bits per heavy atom. The lowest BCUT2D eigenvalue weighted by atomic mass is 10.0. The number of pyridine rings is 1. The molecule has 1 aliphatic heterocycles. The van der Waals surface area contributed by atoms with Gasteiger partial charge in [0.25, 0.3) is 0 Å². The predicted molar refractivity (Wildman–Crippen MR) is 167 cm³/mol. The second-order valence-electron chi connectivity index (χ2n) is 10.6. The number of rotatable bonds is 19. The first-order valence-electron chi connectivity index (χ1n) is 15.2. The molecule has 4 rings (SSSR count). The van der Waals surface area contributed by atoms with E-state index in [4.69, 9.17) is 23.7 Å². The van der Waals surface area contributed by atoms with E-state index in [9.17, 15) is 23.1 Å². The van der Waals surface area contributed by atoms with E-state index in [1.54, 1.807) is 41.0 Å². The number of piperidine rings is 1. The molecule has 252 valence electrons. The quantitative estimate of drug-likeness (QED) is 0.180. The number of nitrogens with zero attached hydrogens (tertiary/aromatic N) is 3. The summed E-state index contributed by atoms with van der Waals surface area (Å²) in [4.78, 5) is 22.2. The zero-order valence-electron chi connectivity index (χ0n) is 26.2. The summed E-state index contributed by atoms with van der Waals surface area (Å²) in [5.41, 5.74) is 2.08. The Kier molecular flexibility index (Phi) is 13.3. The van der Waals surface area contributed by atoms with Crippen molar-refractivity contribution in [3.05, 3.63) is 48.3 Å². The number of ether oxygens (including phenoxy) is 5. The van der Waals surface area contributed by atoms with Crippen molar-refractivity contribution in [2.24, 2.45) is 0 Å². The molecule has 46 heavy (non-hydrogen) atoms. The van der Waals surface area contributed by atoms with Gasteiger partial charge >= 0.3 is 5.97 Å². The minimum absolute atomic E-state index is 0.0809. The highest BCUT2D eigenvalue weighted by molar-refractivity contribution is 7.89. The van der Waals surface area contributed by atoms with Gasteiger partial charge in [0.15, 0.2) is 0 Å². The maximum Gasteiger partial charge on any atom is 0.307 e. The molecule has 3 aromatic rings. The van der Waals surface area contributed by atoms with Crippen LogP contribution in [-0.2, 0) is 45.0 Å². The van der Waals surface area contributed by atoms with E-state index in [-0.39, 0.29) is 23.3 Å². The van der Waals surface area contributed by atoms with Crippen molar-refractivity contribution in [2.75, 3.05) is 73.0 Å². The SMILES string of the molecule is COc1cccc(S(=O)(=O)N2CCC(OCCOCCOCCOCCNC(C)=O)CC2)c1-c1ccn2ncc(CC(=O)O)c2c1. The van der Waals surface area contributed by atoms with Crippen LogP contribution in [0.2, 0.25) is 0 Å². The highest BCUT2D eigenvalue weighted by atomic mass is 32.2. The first kappa shape index (κ1) is 35.3. The summed E-state index contributed by atoms with van der Waals surface area (Å²) >= 11 is 0. The topological polar surface area (TPSA) is 167 Å². The van der Waals surface area contributed by atoms with Crippen molar-refractivity contribution in [3.63, 3.8) is 0 Å². The normalized spacial score (nSPS) is 14.5. The molecule has 0 unspecified atom stereocenters. The van der Waals surface area contributed by atoms with Crippen molar-refractivity contribution < 1.29 is 46.8 Å². The zero-order valence-corrected chi connectivity index (χ0v) is 27.0. The van der Waals surface area contributed by atoms with E-state index in [0.29, 0.717) is 107 Å². The van der Waals surface area contributed by atoms with Gasteiger partial charge in [0.1, 0.15) is 5.75 Å². The summed E-state index contributed by atoms with van der Waals surface area (Å²) in [6.07, 6.45) is 3.98. The number of aromatic nitrogens is 2. The third kappa shape index (κ3) is 9.70. The van der Waals surface area contributed by atoms with Crippen LogP contribution in [0.5, 0.6) is 5.75 Å². The van der Waals surface area contributed by atoms with Gasteiger partial charge in [-0.15, -0.1) is 0 Å². The molecule has 1 fully saturated rings. The van der Waals surface area contributed by atoms with Crippen molar-refractivity contribution in [2.45, 2.75) is 37.2 Å². The van der Waals surface area contributed by atoms with Gasteiger partial charge in [-0.1, -0.05) is 6.07 Å². The Morgan fingerprint density at radius 3 is 2.33 bits per heavy atom. The van der Waals surface area contributed by atoms with Crippen molar-refractivity contribution in [1.82, 2.24) is 19.2 Å². The molecular formula is C31H42N4O10S. The van der Waals surface area contributed by atoms with E-state index >= 15 is 0 Å². The third-order valence-electron chi connectivity index (χ3n) is 7.40. The number of fused-ring (bicyclic) bond motifs is 1. The zero-order chi connectivity index (χ0) is 32.9. The summed E-state index contributed by atoms with van der Waals surface area (Å²) in [5.74, 6) is -0.682. The van der Waals surface area contributed by atoms with E-state index in [2.05, 4.69) is 10.4 Å². The lowest BCUT2D eigenvalue weighted by Crippen LogP contribution is -2.41. The van der Waals surface area contributed by atoms with Crippen molar-refractivity contribution >= 4 is 27.4 Å². The highest BCUT2D eigenvalue weighted by Gasteiger charge is 2.33. The number of carbonyl (C=O) groups is 2. The van der Waals surface area contributed by atoms with E-state index in [1.807, 2.05) is 0 Å². The number of sulfonamides is 1. The molecule has 14 nitrogen and oxygen atoms in total. The third-order valence-corrected chi connectivity index (χ3v) is 9.34. The Hall–Kier alpha value is -3.60. The summed E-state index contributed by atoms with van der Waals surface area (Å²) in [5, 5.41) is 16.2. The van der Waals surface area contributed by atoms with Crippen LogP contribution < -0.4 is 10.1 Å². The monoisotopic (exact) mass is 662 g/mol. The summed E-state index contributed by atoms with van der Waals surface area (Å²) in [6.45, 7) is 5.49. The van der Waals surface area contributed by atoms with Gasteiger partial charge in [-0.25, -0.2) is 12.9 Å². The van der Waals surface area contributed by atoms with E-state index in [0.717, 1.165) is 0 Å². The molecule has 0 atom stereocenters. The minimum atomic E-state index is -3.90. The van der Waals surface area contributed by atoms with Crippen LogP contribution in [0, 0.1) is 0 Å². The number of hydrogen-bond donors (Lipinski definition) is 2. The first-order chi connectivity index (χ1) is 22.2. The van der Waals surface area contributed by atoms with Crippen molar-refractivity contribution in [3.8, 4) is 16.9 Å². The van der Waals surface area contributed by atoms with Crippen LogP contribution in [0.15, 0.2) is 47.6 Å². The number of methoxy groups -OCH3 is 1. The molecule has 0 saturated carbocycles. The number of aliphatic carboxylic acids is 1. The molecule has 1 aromatic carbocycles. The fraction of sp³-hybridized carbons (Fsp3) is 0.516. The number of benzene rings is 1. The van der Waals surface area contributed by atoms with Crippen LogP contribution in [0.25, 0.3) is 16.6 Å². The average molecular weight is 663 g/mol. The molecule has 1 saturated heterocycles. The fourth-order valence-electron chi connectivity index (χ4n) is 5.16. The van der Waals surface area contributed by atoms with Crippen molar-refractivity contribution in [1.29, 1.82) is 0 Å². The van der Waals surface area contributed by atoms with Gasteiger partial charge < -0.3 is 34.1 Å². The number of hydrogen-bond acceptors (Lipinski definition) is 10. The summed E-state index contributed by atoms with van der Waals surface area (Å²) in [6, 6.07) is 8.39. The Bertz CT molecular complexity index is 1550. The minimum Gasteiger partial charge on any atom is -0.496 e. The van der Waals surface area contributed by atoms with Crippen LogP contribution in [0.4, 0.5) is 0 Å². The van der Waals surface area contributed by atoms with Gasteiger partial charge in [0, 0.05) is 43.9 Å². The molecule has 2 aromatic heterocycles. The molecule has 0 radical (unpaired) electrons. The van der Waals surface area contributed by atoms with Gasteiger partial charge in [-0.3, -0.25) is 9.59 Å². The number of carbonyl (C=O) groups excluding carboxylic acids is 1. The van der Waals surface area contributed by atoms with Crippen LogP contribution in [0.1, 0.15) is 25.3 Å². The second-order valence-corrected chi connectivity index (χ2v) is 12.5. The lowest BCUT2D eigenvalue weighted by molar-refractivity contribution is -0.136. The molecule has 15 heteroatoms. The standard InChI is InChI=1S/C31H42N4O10S/c1-23(36)32-9-13-42-14-15-43-16-17-44-18-19-45-26-7-10-34(11-8-26)46(39,40)29-5-3-4-28(41-2)31(29)24-6-12-35-27(20-24)25(22-33-35)21-30(37)38/h3-6,12,20,22,26H,7-11,13-19,21H2,1-2H3,(H,32,36)(H,37,38). The molecule has 1 aliphatic rings. The summed E-state index contributed by atoms with van der Waals surface area (Å²) < 4.78 is 58.8. The number of carboxylic acids is 1. The average Bonchev–Trinajstić information content (AvgIpc) is 3.44. The molecule has 1 amide bonds. The largest absolute Gasteiger partial charge is 0.496 e. The highest BCUT2D eigenvalue weighted by Crippen LogP contribution is 2.38. The molecule has 0 aliphatic carbocycles. The van der Waals surface area contributed by atoms with Gasteiger partial charge in [0.2, 0.25) is 15.9 Å². The van der Waals surface area contributed by atoms with Crippen LogP contribution in [-0.4, -0.2) is 118 Å². The molecular weight excluding hydrogens is 620 g/mol. The van der Waals surface area contributed by atoms with Gasteiger partial charge in [-0.2, -0.15) is 9.40 Å². The Balaban J connectivity index is 1.26. The fourth-order valence-corrected chi connectivity index (χ4v) is 6.86. The van der Waals surface area contributed by atoms with Crippen LogP contribution >= 0.6 is 0 Å². The predicted octanol–water partition coefficient (Wildman–Crippen LogP) is 1.99. The number of amides is 1. The van der Waals surface area contributed by atoms with Gasteiger partial charge in [-0.05, 0) is 42.7 Å². The maximum absolute atomic E-state index is 14.0. The smallest absolute Gasteiger partial charge is 0.307 e. The Morgan fingerprint density at radius 1 is 1.00 bits per heavy atom. The van der Waals surface area contributed by atoms with Crippen LogP contribution in [0.3, 0.4) is 0 Å². The van der Waals surface area contributed by atoms with E-state index in [1.165, 1.54) is 24.5 Å². The number of carboxylic acid groups (broad SMARTS) is 1. The Labute approximate surface area is 268 Å². The number of nitrogens with one attached hydrogen (secondary N) is 1. The summed E-state index contributed by atoms with van der Waals surface area (Å²) in [7, 11) is -2.42. The molecule has 3 heterocycles. The first-order valence-corrected chi connectivity index (χ1v) is 16.6. The van der Waals surface area contributed by atoms with Gasteiger partial charge in [0.05, 0.1) is 82.5 Å². The second kappa shape index (κ2) is 17.4. The van der Waals surface area contributed by atoms with E-state index < -0.39 is 16.0 Å². The molecule has 0 spiro atoms. The molecule has 0 bridgehead atoms.